The molecular formula is C22H24FN7OS. The van der Waals surface area contributed by atoms with Crippen LogP contribution in [0.4, 0.5) is 10.2 Å². The summed E-state index contributed by atoms with van der Waals surface area (Å²) in [6.07, 6.45) is 1.71. The number of aryl methyl sites for hydroxylation is 1. The second-order valence-electron chi connectivity index (χ2n) is 7.73. The molecule has 32 heavy (non-hydrogen) atoms. The van der Waals surface area contributed by atoms with E-state index in [1.165, 1.54) is 10.2 Å². The molecule has 0 aliphatic carbocycles. The van der Waals surface area contributed by atoms with Crippen molar-refractivity contribution in [3.05, 3.63) is 52.8 Å². The van der Waals surface area contributed by atoms with Crippen molar-refractivity contribution in [1.82, 2.24) is 30.1 Å². The van der Waals surface area contributed by atoms with Gasteiger partial charge in [0.2, 0.25) is 0 Å². The molecule has 0 amide bonds. The lowest BCUT2D eigenvalue weighted by atomic mass is 10.1. The molecule has 0 unspecified atom stereocenters. The third kappa shape index (κ3) is 4.32. The minimum Gasteiger partial charge on any atom is -0.492 e. The number of nitrogen functional groups attached to an aromatic ring is 1. The molecule has 4 rings (SSSR count). The summed E-state index contributed by atoms with van der Waals surface area (Å²) in [7, 11) is 3.91. The topological polar surface area (TPSA) is 95.0 Å². The van der Waals surface area contributed by atoms with Gasteiger partial charge in [-0.25, -0.2) is 9.37 Å². The molecule has 0 fully saturated rings. The lowest BCUT2D eigenvalue weighted by molar-refractivity contribution is 0.259. The molecule has 3 aromatic heterocycles. The fourth-order valence-corrected chi connectivity index (χ4v) is 4.08. The van der Waals surface area contributed by atoms with Crippen molar-refractivity contribution < 1.29 is 9.13 Å². The molecule has 0 bridgehead atoms. The van der Waals surface area contributed by atoms with Crippen molar-refractivity contribution >= 4 is 17.2 Å². The highest BCUT2D eigenvalue weighted by Crippen LogP contribution is 2.33. The van der Waals surface area contributed by atoms with E-state index in [-0.39, 0.29) is 11.5 Å². The van der Waals surface area contributed by atoms with Crippen LogP contribution < -0.4 is 10.5 Å². The van der Waals surface area contributed by atoms with Gasteiger partial charge >= 0.3 is 0 Å². The van der Waals surface area contributed by atoms with Crippen LogP contribution in [0.1, 0.15) is 11.1 Å². The first-order valence-corrected chi connectivity index (χ1v) is 10.9. The SMILES string of the molecule is Cc1csc(-c2cnc(N)c(-c3nnnn3-c3ccc(OCCN(C)C)c(C)c3F)c2)c1. The largest absolute Gasteiger partial charge is 0.492 e. The molecular weight excluding hydrogens is 429 g/mol. The number of likely N-dealkylation sites (N-methyl/N-ethyl adjacent to an activating group) is 1. The molecule has 0 aliphatic rings. The lowest BCUT2D eigenvalue weighted by Gasteiger charge is -2.15. The van der Waals surface area contributed by atoms with Crippen LogP contribution in [-0.2, 0) is 0 Å². The highest BCUT2D eigenvalue weighted by atomic mass is 32.1. The number of tetrazole rings is 1. The third-order valence-electron chi connectivity index (χ3n) is 4.98. The second-order valence-corrected chi connectivity index (χ2v) is 8.64. The molecule has 0 radical (unpaired) electrons. The summed E-state index contributed by atoms with van der Waals surface area (Å²) in [4.78, 5) is 7.37. The summed E-state index contributed by atoms with van der Waals surface area (Å²) < 4.78 is 22.4. The van der Waals surface area contributed by atoms with Gasteiger partial charge in [0.1, 0.15) is 23.9 Å². The second kappa shape index (κ2) is 9.01. The fourth-order valence-electron chi connectivity index (χ4n) is 3.20. The Morgan fingerprint density at radius 2 is 2.03 bits per heavy atom. The van der Waals surface area contributed by atoms with E-state index < -0.39 is 5.82 Å². The first-order valence-electron chi connectivity index (χ1n) is 10.0. The van der Waals surface area contributed by atoms with Gasteiger partial charge in [0.15, 0.2) is 11.6 Å². The van der Waals surface area contributed by atoms with Crippen LogP contribution in [0.3, 0.4) is 0 Å². The monoisotopic (exact) mass is 453 g/mol. The zero-order valence-corrected chi connectivity index (χ0v) is 19.1. The van der Waals surface area contributed by atoms with Crippen LogP contribution in [-0.4, -0.2) is 57.3 Å². The van der Waals surface area contributed by atoms with Gasteiger partial charge in [0, 0.05) is 28.7 Å². The third-order valence-corrected chi connectivity index (χ3v) is 6.08. The van der Waals surface area contributed by atoms with Gasteiger partial charge < -0.3 is 15.4 Å². The molecule has 0 saturated carbocycles. The summed E-state index contributed by atoms with van der Waals surface area (Å²) >= 11 is 1.61. The molecule has 2 N–H and O–H groups in total. The first-order chi connectivity index (χ1) is 15.3. The molecule has 8 nitrogen and oxygen atoms in total. The number of hydrogen-bond acceptors (Lipinski definition) is 8. The van der Waals surface area contributed by atoms with Crippen LogP contribution in [0.5, 0.6) is 5.75 Å². The molecule has 4 aromatic rings. The van der Waals surface area contributed by atoms with E-state index in [0.29, 0.717) is 29.3 Å². The molecule has 3 heterocycles. The number of anilines is 1. The summed E-state index contributed by atoms with van der Waals surface area (Å²) in [5.41, 5.74) is 9.33. The molecule has 0 aliphatic heterocycles. The van der Waals surface area contributed by atoms with E-state index in [4.69, 9.17) is 10.5 Å². The van der Waals surface area contributed by atoms with E-state index >= 15 is 4.39 Å². The van der Waals surface area contributed by atoms with Crippen LogP contribution in [0.25, 0.3) is 27.5 Å². The van der Waals surface area contributed by atoms with Crippen molar-refractivity contribution in [2.24, 2.45) is 0 Å². The van der Waals surface area contributed by atoms with Crippen LogP contribution in [0.15, 0.2) is 35.8 Å². The number of hydrogen-bond donors (Lipinski definition) is 1. The Balaban J connectivity index is 1.71. The van der Waals surface area contributed by atoms with Crippen molar-refractivity contribution in [3.8, 4) is 33.3 Å². The average Bonchev–Trinajstić information content (AvgIpc) is 3.41. The maximum Gasteiger partial charge on any atom is 0.190 e. The quantitative estimate of drug-likeness (QED) is 0.456. The molecule has 0 atom stereocenters. The first kappa shape index (κ1) is 21.8. The highest BCUT2D eigenvalue weighted by Gasteiger charge is 2.20. The minimum absolute atomic E-state index is 0.208. The number of nitrogens with two attached hydrogens (primary N) is 1. The van der Waals surface area contributed by atoms with Gasteiger partial charge in [-0.3, -0.25) is 0 Å². The highest BCUT2D eigenvalue weighted by molar-refractivity contribution is 7.13. The summed E-state index contributed by atoms with van der Waals surface area (Å²) in [5.74, 6) is 0.597. The number of benzene rings is 1. The van der Waals surface area contributed by atoms with Gasteiger partial charge in [-0.2, -0.15) is 4.68 Å². The predicted molar refractivity (Wildman–Crippen MR) is 124 cm³/mol. The Kier molecular flexibility index (Phi) is 6.15. The van der Waals surface area contributed by atoms with Gasteiger partial charge in [-0.15, -0.1) is 16.4 Å². The van der Waals surface area contributed by atoms with E-state index in [2.05, 4.69) is 32.0 Å². The molecule has 166 valence electrons. The number of ether oxygens (including phenoxy) is 1. The van der Waals surface area contributed by atoms with E-state index in [1.54, 1.807) is 36.6 Å². The van der Waals surface area contributed by atoms with Gasteiger partial charge in [0.05, 0.1) is 5.56 Å². The Morgan fingerprint density at radius 3 is 2.75 bits per heavy atom. The zero-order valence-electron chi connectivity index (χ0n) is 18.3. The van der Waals surface area contributed by atoms with Crippen molar-refractivity contribution in [1.29, 1.82) is 0 Å². The molecule has 0 saturated heterocycles. The normalized spacial score (nSPS) is 11.3. The van der Waals surface area contributed by atoms with Crippen LogP contribution in [0, 0.1) is 19.7 Å². The Hall–Kier alpha value is -3.37. The maximum absolute atomic E-state index is 15.3. The fraction of sp³-hybridized carbons (Fsp3) is 0.273. The standard InChI is InChI=1S/C22H24FN7OS/c1-13-9-19(32-12-13)15-10-16(21(24)25-11-15)22-26-27-28-30(22)17-5-6-18(14(2)20(17)23)31-8-7-29(3)4/h5-6,9-12H,7-8H2,1-4H3,(H2,24,25). The maximum atomic E-state index is 15.3. The summed E-state index contributed by atoms with van der Waals surface area (Å²) in [6.45, 7) is 4.89. The van der Waals surface area contributed by atoms with Gasteiger partial charge in [-0.1, -0.05) is 0 Å². The number of thiophene rings is 1. The number of nitrogens with zero attached hydrogens (tertiary/aromatic N) is 6. The number of pyridine rings is 1. The molecule has 1 aromatic carbocycles. The van der Waals surface area contributed by atoms with Crippen LogP contribution >= 0.6 is 11.3 Å². The Bertz CT molecular complexity index is 1250. The predicted octanol–water partition coefficient (Wildman–Crippen LogP) is 3.73. The Labute approximate surface area is 189 Å². The van der Waals surface area contributed by atoms with E-state index in [0.717, 1.165) is 17.0 Å². The van der Waals surface area contributed by atoms with Crippen molar-refractivity contribution in [2.75, 3.05) is 33.0 Å². The Morgan fingerprint density at radius 1 is 1.22 bits per heavy atom. The van der Waals surface area contributed by atoms with Crippen molar-refractivity contribution in [3.63, 3.8) is 0 Å². The van der Waals surface area contributed by atoms with E-state index in [1.807, 2.05) is 32.0 Å². The average molecular weight is 454 g/mol. The summed E-state index contributed by atoms with van der Waals surface area (Å²) in [5, 5.41) is 14.0. The minimum atomic E-state index is -0.461. The van der Waals surface area contributed by atoms with Crippen LogP contribution in [0.2, 0.25) is 0 Å². The van der Waals surface area contributed by atoms with Gasteiger partial charge in [-0.05, 0) is 73.6 Å². The van der Waals surface area contributed by atoms with E-state index in [9.17, 15) is 0 Å². The number of halogens is 1. The summed E-state index contributed by atoms with van der Waals surface area (Å²) in [6, 6.07) is 7.27. The lowest BCUT2D eigenvalue weighted by Crippen LogP contribution is -2.19. The smallest absolute Gasteiger partial charge is 0.190 e. The zero-order chi connectivity index (χ0) is 22.8. The number of aromatic nitrogens is 5. The molecule has 0 spiro atoms. The van der Waals surface area contributed by atoms with Gasteiger partial charge in [0.25, 0.3) is 0 Å². The molecule has 10 heteroatoms. The van der Waals surface area contributed by atoms with Crippen molar-refractivity contribution in [2.45, 2.75) is 13.8 Å². The number of rotatable bonds is 7.